The number of aryl methyl sites for hydroxylation is 1. The summed E-state index contributed by atoms with van der Waals surface area (Å²) < 4.78 is 45.5. The number of nitrogens with zero attached hydrogens (tertiary/aromatic N) is 1. The Morgan fingerprint density at radius 2 is 1.73 bits per heavy atom. The van der Waals surface area contributed by atoms with E-state index >= 15 is 0 Å². The zero-order chi connectivity index (χ0) is 21.5. The van der Waals surface area contributed by atoms with E-state index in [2.05, 4.69) is 0 Å². The van der Waals surface area contributed by atoms with Gasteiger partial charge in [0.15, 0.2) is 0 Å². The molecule has 0 aromatic heterocycles. The van der Waals surface area contributed by atoms with E-state index in [0.717, 1.165) is 17.7 Å². The van der Waals surface area contributed by atoms with Crippen LogP contribution in [0.3, 0.4) is 0 Å². The molecule has 1 heterocycles. The fourth-order valence-electron chi connectivity index (χ4n) is 3.34. The summed E-state index contributed by atoms with van der Waals surface area (Å²) in [7, 11) is -2.64. The Balaban J connectivity index is 1.91. The minimum atomic E-state index is -4.14. The van der Waals surface area contributed by atoms with Crippen molar-refractivity contribution in [2.75, 3.05) is 12.0 Å². The minimum absolute atomic E-state index is 0.121. The van der Waals surface area contributed by atoms with E-state index in [1.807, 2.05) is 25.1 Å². The van der Waals surface area contributed by atoms with Crippen molar-refractivity contribution in [3.8, 4) is 5.75 Å². The van der Waals surface area contributed by atoms with Crippen molar-refractivity contribution >= 4 is 27.0 Å². The van der Waals surface area contributed by atoms with Crippen molar-refractivity contribution in [2.45, 2.75) is 11.8 Å². The number of ketones is 1. The van der Waals surface area contributed by atoms with E-state index in [4.69, 9.17) is 4.74 Å². The van der Waals surface area contributed by atoms with Gasteiger partial charge in [0, 0.05) is 17.5 Å². The highest BCUT2D eigenvalue weighted by Crippen LogP contribution is 2.41. The molecule has 3 aromatic carbocycles. The lowest BCUT2D eigenvalue weighted by atomic mass is 10.1. The van der Waals surface area contributed by atoms with Crippen molar-refractivity contribution < 1.29 is 22.3 Å². The van der Waals surface area contributed by atoms with Gasteiger partial charge >= 0.3 is 0 Å². The minimum Gasteiger partial charge on any atom is -0.497 e. The summed E-state index contributed by atoms with van der Waals surface area (Å²) in [6.45, 7) is 1.89. The van der Waals surface area contributed by atoms with Crippen LogP contribution in [-0.4, -0.2) is 21.3 Å². The second-order valence-corrected chi connectivity index (χ2v) is 8.76. The highest BCUT2D eigenvalue weighted by Gasteiger charge is 2.36. The Bertz CT molecular complexity index is 1280. The molecule has 30 heavy (non-hydrogen) atoms. The lowest BCUT2D eigenvalue weighted by molar-refractivity contribution is 0.104. The average Bonchev–Trinajstić information content (AvgIpc) is 2.73. The van der Waals surface area contributed by atoms with Crippen LogP contribution in [0.15, 0.2) is 82.7 Å². The molecular formula is C23H18FNO4S. The van der Waals surface area contributed by atoms with Gasteiger partial charge in [0.1, 0.15) is 16.5 Å². The lowest BCUT2D eigenvalue weighted by Crippen LogP contribution is -2.26. The summed E-state index contributed by atoms with van der Waals surface area (Å²) in [5.41, 5.74) is 1.93. The van der Waals surface area contributed by atoms with Crippen molar-refractivity contribution in [3.63, 3.8) is 0 Å². The molecular weight excluding hydrogens is 405 g/mol. The molecule has 0 N–H and O–H groups in total. The number of methoxy groups -OCH3 is 1. The van der Waals surface area contributed by atoms with Crippen LogP contribution < -0.4 is 9.64 Å². The number of fused-ring (bicyclic) bond motifs is 1. The van der Waals surface area contributed by atoms with Gasteiger partial charge in [0.2, 0.25) is 15.6 Å². The largest absolute Gasteiger partial charge is 0.497 e. The maximum atomic E-state index is 14.0. The highest BCUT2D eigenvalue weighted by atomic mass is 32.2. The Hall–Kier alpha value is -3.45. The number of hydrogen-bond donors (Lipinski definition) is 0. The molecule has 0 fully saturated rings. The molecule has 0 amide bonds. The topological polar surface area (TPSA) is 63.7 Å². The summed E-state index contributed by atoms with van der Waals surface area (Å²) in [5, 5.41) is 0. The van der Waals surface area contributed by atoms with Gasteiger partial charge in [-0.3, -0.25) is 4.79 Å². The molecule has 0 saturated heterocycles. The van der Waals surface area contributed by atoms with Gasteiger partial charge in [-0.25, -0.2) is 12.8 Å². The zero-order valence-electron chi connectivity index (χ0n) is 16.3. The molecule has 0 radical (unpaired) electrons. The maximum absolute atomic E-state index is 14.0. The van der Waals surface area contributed by atoms with E-state index < -0.39 is 21.4 Å². The third-order valence-corrected chi connectivity index (χ3v) is 6.66. The van der Waals surface area contributed by atoms with Crippen molar-refractivity contribution in [1.29, 1.82) is 0 Å². The van der Waals surface area contributed by atoms with E-state index in [0.29, 0.717) is 11.4 Å². The van der Waals surface area contributed by atoms with Crippen LogP contribution in [0, 0.1) is 12.7 Å². The van der Waals surface area contributed by atoms with E-state index in [1.165, 1.54) is 36.4 Å². The summed E-state index contributed by atoms with van der Waals surface area (Å²) in [6.07, 6.45) is 1.26. The van der Waals surface area contributed by atoms with Crippen LogP contribution in [0.1, 0.15) is 15.9 Å². The molecule has 3 aromatic rings. The molecule has 1 aliphatic heterocycles. The third kappa shape index (κ3) is 3.37. The van der Waals surface area contributed by atoms with Crippen molar-refractivity contribution in [1.82, 2.24) is 0 Å². The first-order chi connectivity index (χ1) is 14.3. The normalized spacial score (nSPS) is 14.6. The molecule has 7 heteroatoms. The van der Waals surface area contributed by atoms with Gasteiger partial charge in [-0.1, -0.05) is 12.1 Å². The third-order valence-electron chi connectivity index (χ3n) is 4.86. The number of ether oxygens (including phenoxy) is 1. The molecule has 0 aliphatic carbocycles. The molecule has 0 atom stereocenters. The summed E-state index contributed by atoms with van der Waals surface area (Å²) in [6, 6.07) is 16.9. The number of carbonyl (C=O) groups excluding carboxylic acids is 1. The Kier molecular flexibility index (Phi) is 4.91. The Morgan fingerprint density at radius 3 is 2.40 bits per heavy atom. The number of carbonyl (C=O) groups is 1. The molecule has 0 spiro atoms. The maximum Gasteiger partial charge on any atom is 0.214 e. The smallest absolute Gasteiger partial charge is 0.214 e. The standard InChI is InChI=1S/C23H18FNO4S/c1-15-4-3-5-18(12-15)25-14-22(23(26)16-6-9-19(29-2)10-7-16)30(27,28)21-11-8-17(24)13-20(21)25/h3-14H,1-2H3. The highest BCUT2D eigenvalue weighted by molar-refractivity contribution is 7.96. The molecule has 5 nitrogen and oxygen atoms in total. The van der Waals surface area contributed by atoms with Crippen LogP contribution in [0.2, 0.25) is 0 Å². The second kappa shape index (κ2) is 7.42. The SMILES string of the molecule is COc1ccc(C(=O)C2=CN(c3cccc(C)c3)c3cc(F)ccc3S2(=O)=O)cc1. The van der Waals surface area contributed by atoms with Gasteiger partial charge in [-0.05, 0) is 67.1 Å². The van der Waals surface area contributed by atoms with Crippen LogP contribution in [-0.2, 0) is 9.84 Å². The number of halogens is 1. The molecule has 0 saturated carbocycles. The quantitative estimate of drug-likeness (QED) is 0.446. The molecule has 0 unspecified atom stereocenters. The van der Waals surface area contributed by atoms with Gasteiger partial charge in [0.05, 0.1) is 17.7 Å². The zero-order valence-corrected chi connectivity index (χ0v) is 17.1. The van der Waals surface area contributed by atoms with Gasteiger partial charge in [0.25, 0.3) is 0 Å². The first-order valence-electron chi connectivity index (χ1n) is 9.12. The lowest BCUT2D eigenvalue weighted by Gasteiger charge is -2.29. The Labute approximate surface area is 174 Å². The van der Waals surface area contributed by atoms with Gasteiger partial charge < -0.3 is 9.64 Å². The van der Waals surface area contributed by atoms with Gasteiger partial charge in [-0.2, -0.15) is 0 Å². The fourth-order valence-corrected chi connectivity index (χ4v) is 4.86. The fraction of sp³-hybridized carbons (Fsp3) is 0.0870. The molecule has 4 rings (SSSR count). The van der Waals surface area contributed by atoms with Crippen LogP contribution in [0.5, 0.6) is 5.75 Å². The summed E-state index contributed by atoms with van der Waals surface area (Å²) >= 11 is 0. The first-order valence-corrected chi connectivity index (χ1v) is 10.6. The van der Waals surface area contributed by atoms with E-state index in [-0.39, 0.29) is 21.1 Å². The van der Waals surface area contributed by atoms with Crippen LogP contribution in [0.25, 0.3) is 0 Å². The van der Waals surface area contributed by atoms with Crippen LogP contribution >= 0.6 is 0 Å². The molecule has 152 valence electrons. The summed E-state index contributed by atoms with van der Waals surface area (Å²) in [5.74, 6) is -0.667. The number of anilines is 2. The first kappa shape index (κ1) is 19.8. The number of Topliss-reactive ketones (excluding diaryl/α,β-unsaturated/α-hetero) is 1. The number of rotatable bonds is 4. The van der Waals surface area contributed by atoms with Crippen molar-refractivity contribution in [2.24, 2.45) is 0 Å². The monoisotopic (exact) mass is 423 g/mol. The number of benzene rings is 3. The van der Waals surface area contributed by atoms with Crippen LogP contribution in [0.4, 0.5) is 15.8 Å². The van der Waals surface area contributed by atoms with E-state index in [1.54, 1.807) is 18.2 Å². The number of hydrogen-bond acceptors (Lipinski definition) is 5. The predicted octanol–water partition coefficient (Wildman–Crippen LogP) is 4.79. The van der Waals surface area contributed by atoms with E-state index in [9.17, 15) is 17.6 Å². The molecule has 1 aliphatic rings. The number of sulfone groups is 1. The number of allylic oxidation sites excluding steroid dienone is 1. The summed E-state index contributed by atoms with van der Waals surface area (Å²) in [4.78, 5) is 14.2. The Morgan fingerprint density at radius 1 is 1.00 bits per heavy atom. The van der Waals surface area contributed by atoms with Crippen molar-refractivity contribution in [3.05, 3.63) is 94.8 Å². The van der Waals surface area contributed by atoms with Gasteiger partial charge in [-0.15, -0.1) is 0 Å². The average molecular weight is 423 g/mol. The predicted molar refractivity (Wildman–Crippen MR) is 112 cm³/mol. The second-order valence-electron chi connectivity index (χ2n) is 6.88. The molecule has 0 bridgehead atoms.